The van der Waals surface area contributed by atoms with E-state index in [-0.39, 0.29) is 0 Å². The van der Waals surface area contributed by atoms with E-state index in [0.29, 0.717) is 18.0 Å². The van der Waals surface area contributed by atoms with Crippen molar-refractivity contribution in [3.63, 3.8) is 0 Å². The number of hydrogen-bond acceptors (Lipinski definition) is 1. The summed E-state index contributed by atoms with van der Waals surface area (Å²) in [5.74, 6) is 0.889. The first-order chi connectivity index (χ1) is 8.75. The summed E-state index contributed by atoms with van der Waals surface area (Å²) in [4.78, 5) is 10.8. The highest BCUT2D eigenvalue weighted by atomic mass is 15.3. The third kappa shape index (κ3) is 3.89. The predicted molar refractivity (Wildman–Crippen MR) is 75.5 cm³/mol. The molecule has 18 heavy (non-hydrogen) atoms. The molecule has 2 rings (SSSR count). The van der Waals surface area contributed by atoms with Gasteiger partial charge in [0.05, 0.1) is 6.04 Å². The minimum absolute atomic E-state index is 0.351. The number of likely N-dealkylation sites (tertiary alicyclic amines) is 1. The van der Waals surface area contributed by atoms with E-state index in [2.05, 4.69) is 14.9 Å². The predicted octanol–water partition coefficient (Wildman–Crippen LogP) is 1.43. The molecule has 0 aromatic heterocycles. The third-order valence-electron chi connectivity index (χ3n) is 3.80. The Kier molecular flexibility index (Phi) is 4.84. The molecule has 1 saturated heterocycles. The summed E-state index contributed by atoms with van der Waals surface area (Å²) in [6.07, 6.45) is 9.75. The topological polar surface area (TPSA) is 80.0 Å². The zero-order valence-electron chi connectivity index (χ0n) is 11.1. The number of hydrogen-bond donors (Lipinski definition) is 2. The highest BCUT2D eigenvalue weighted by molar-refractivity contribution is 5.93. The summed E-state index contributed by atoms with van der Waals surface area (Å²) in [7, 11) is 0. The minimum Gasteiger partial charge on any atom is -0.369 e. The van der Waals surface area contributed by atoms with Crippen LogP contribution in [0, 0.1) is 0 Å². The minimum atomic E-state index is 0.351. The second-order valence-corrected chi connectivity index (χ2v) is 5.30. The molecule has 4 N–H and O–H groups in total. The number of nitrogens with two attached hydrogens (primary N) is 2. The van der Waals surface area contributed by atoms with Gasteiger partial charge in [-0.3, -0.25) is 0 Å². The molecule has 5 nitrogen and oxygen atoms in total. The van der Waals surface area contributed by atoms with Gasteiger partial charge < -0.3 is 16.4 Å². The van der Waals surface area contributed by atoms with Crippen LogP contribution in [0.15, 0.2) is 9.98 Å². The van der Waals surface area contributed by atoms with Gasteiger partial charge in [0.2, 0.25) is 5.96 Å². The Morgan fingerprint density at radius 2 is 1.50 bits per heavy atom. The molecule has 0 aromatic carbocycles. The molecule has 1 aliphatic carbocycles. The van der Waals surface area contributed by atoms with Crippen LogP contribution in [-0.2, 0) is 0 Å². The Morgan fingerprint density at radius 1 is 0.889 bits per heavy atom. The molecule has 0 atom stereocenters. The van der Waals surface area contributed by atoms with Crippen molar-refractivity contribution in [2.24, 2.45) is 21.5 Å². The lowest BCUT2D eigenvalue weighted by molar-refractivity contribution is 0.431. The van der Waals surface area contributed by atoms with E-state index in [1.165, 1.54) is 38.5 Å². The van der Waals surface area contributed by atoms with Crippen molar-refractivity contribution in [3.05, 3.63) is 0 Å². The number of guanidine groups is 2. The Labute approximate surface area is 109 Å². The van der Waals surface area contributed by atoms with Gasteiger partial charge in [0.1, 0.15) is 0 Å². The van der Waals surface area contributed by atoms with Crippen LogP contribution in [0.4, 0.5) is 0 Å². The first-order valence-electron chi connectivity index (χ1n) is 7.18. The van der Waals surface area contributed by atoms with Crippen molar-refractivity contribution >= 4 is 11.9 Å². The van der Waals surface area contributed by atoms with E-state index in [9.17, 15) is 0 Å². The average molecular weight is 251 g/mol. The Morgan fingerprint density at radius 3 is 2.11 bits per heavy atom. The highest BCUT2D eigenvalue weighted by Gasteiger charge is 2.15. The van der Waals surface area contributed by atoms with Crippen LogP contribution < -0.4 is 11.5 Å². The van der Waals surface area contributed by atoms with Crippen LogP contribution >= 0.6 is 0 Å². The van der Waals surface area contributed by atoms with E-state index in [0.717, 1.165) is 25.9 Å². The molecule has 0 unspecified atom stereocenters. The summed E-state index contributed by atoms with van der Waals surface area (Å²) in [6.45, 7) is 1.98. The van der Waals surface area contributed by atoms with Crippen LogP contribution in [0.2, 0.25) is 0 Å². The Bertz CT molecular complexity index is 309. The lowest BCUT2D eigenvalue weighted by Crippen LogP contribution is -2.39. The molecule has 1 heterocycles. The van der Waals surface area contributed by atoms with Gasteiger partial charge in [0, 0.05) is 13.1 Å². The average Bonchev–Trinajstić information content (AvgIpc) is 2.68. The molecular weight excluding hydrogens is 226 g/mol. The summed E-state index contributed by atoms with van der Waals surface area (Å²) >= 11 is 0. The van der Waals surface area contributed by atoms with E-state index in [1.54, 1.807) is 0 Å². The largest absolute Gasteiger partial charge is 0.369 e. The quantitative estimate of drug-likeness (QED) is 0.546. The molecule has 0 radical (unpaired) electrons. The zero-order chi connectivity index (χ0) is 12.8. The molecule has 5 heteroatoms. The van der Waals surface area contributed by atoms with E-state index >= 15 is 0 Å². The maximum atomic E-state index is 6.01. The molecule has 0 spiro atoms. The maximum absolute atomic E-state index is 6.01. The fraction of sp³-hybridized carbons (Fsp3) is 0.846. The van der Waals surface area contributed by atoms with Crippen molar-refractivity contribution in [2.45, 2.75) is 57.4 Å². The van der Waals surface area contributed by atoms with Gasteiger partial charge >= 0.3 is 0 Å². The van der Waals surface area contributed by atoms with Crippen LogP contribution in [0.25, 0.3) is 0 Å². The van der Waals surface area contributed by atoms with Crippen molar-refractivity contribution in [1.29, 1.82) is 0 Å². The smallest absolute Gasteiger partial charge is 0.218 e. The number of nitrogens with zero attached hydrogens (tertiary/aromatic N) is 3. The fourth-order valence-corrected chi connectivity index (χ4v) is 2.74. The number of rotatable bonds is 1. The Balaban J connectivity index is 1.92. The summed E-state index contributed by atoms with van der Waals surface area (Å²) in [5, 5.41) is 0. The van der Waals surface area contributed by atoms with E-state index in [1.807, 2.05) is 0 Å². The SMILES string of the molecule is NC(=NC1CCCC1)N=C(N)N1CCCCCC1. The molecule has 102 valence electrons. The van der Waals surface area contributed by atoms with Gasteiger partial charge in [-0.1, -0.05) is 25.7 Å². The van der Waals surface area contributed by atoms with Crippen molar-refractivity contribution in [1.82, 2.24) is 4.90 Å². The van der Waals surface area contributed by atoms with Crippen LogP contribution in [-0.4, -0.2) is 36.0 Å². The molecule has 0 aromatic rings. The molecule has 0 bridgehead atoms. The second kappa shape index (κ2) is 6.61. The molecule has 1 aliphatic heterocycles. The molecule has 1 saturated carbocycles. The summed E-state index contributed by atoms with van der Waals surface area (Å²) in [6, 6.07) is 0.366. The van der Waals surface area contributed by atoms with Gasteiger partial charge in [-0.2, -0.15) is 4.99 Å². The zero-order valence-corrected chi connectivity index (χ0v) is 11.1. The van der Waals surface area contributed by atoms with Crippen LogP contribution in [0.5, 0.6) is 0 Å². The van der Waals surface area contributed by atoms with Crippen LogP contribution in [0.1, 0.15) is 51.4 Å². The fourth-order valence-electron chi connectivity index (χ4n) is 2.74. The summed E-state index contributed by atoms with van der Waals surface area (Å²) < 4.78 is 0. The van der Waals surface area contributed by atoms with Gasteiger partial charge in [-0.15, -0.1) is 0 Å². The first kappa shape index (κ1) is 13.2. The molecular formula is C13H25N5. The van der Waals surface area contributed by atoms with Crippen molar-refractivity contribution < 1.29 is 0 Å². The maximum Gasteiger partial charge on any atom is 0.218 e. The van der Waals surface area contributed by atoms with Gasteiger partial charge in [-0.05, 0) is 25.7 Å². The molecule has 2 fully saturated rings. The van der Waals surface area contributed by atoms with E-state index in [4.69, 9.17) is 11.5 Å². The van der Waals surface area contributed by atoms with Crippen molar-refractivity contribution in [3.8, 4) is 0 Å². The van der Waals surface area contributed by atoms with E-state index < -0.39 is 0 Å². The molecule has 0 amide bonds. The van der Waals surface area contributed by atoms with Gasteiger partial charge in [-0.25, -0.2) is 4.99 Å². The molecule has 2 aliphatic rings. The van der Waals surface area contributed by atoms with Gasteiger partial charge in [0.25, 0.3) is 0 Å². The third-order valence-corrected chi connectivity index (χ3v) is 3.80. The Hall–Kier alpha value is -1.26. The first-order valence-corrected chi connectivity index (χ1v) is 7.18. The second-order valence-electron chi connectivity index (χ2n) is 5.30. The van der Waals surface area contributed by atoms with Crippen molar-refractivity contribution in [2.75, 3.05) is 13.1 Å². The van der Waals surface area contributed by atoms with Gasteiger partial charge in [0.15, 0.2) is 5.96 Å². The lowest BCUT2D eigenvalue weighted by Gasteiger charge is -2.20. The number of aliphatic imine (C=N–C) groups is 2. The lowest BCUT2D eigenvalue weighted by atomic mass is 10.2. The monoisotopic (exact) mass is 251 g/mol. The standard InChI is InChI=1S/C13H25N5/c14-12(16-11-7-3-4-8-11)17-13(15)18-9-5-1-2-6-10-18/h11H,1-10H2,(H4,14,15,16,17). The summed E-state index contributed by atoms with van der Waals surface area (Å²) in [5.41, 5.74) is 11.9. The highest BCUT2D eigenvalue weighted by Crippen LogP contribution is 2.20. The normalized spacial score (nSPS) is 24.3. The van der Waals surface area contributed by atoms with Crippen LogP contribution in [0.3, 0.4) is 0 Å².